The Labute approximate surface area is 224 Å². The Kier molecular flexibility index (Phi) is 7.67. The summed E-state index contributed by atoms with van der Waals surface area (Å²) in [5, 5.41) is 5.23. The van der Waals surface area contributed by atoms with Crippen molar-refractivity contribution in [3.05, 3.63) is 82.7 Å². The lowest BCUT2D eigenvalue weighted by Gasteiger charge is -2.20. The number of carbonyl (C=O) groups excluding carboxylic acids is 2. The minimum absolute atomic E-state index is 0.0854. The molecule has 4 rings (SSSR count). The Bertz CT molecular complexity index is 1500. The van der Waals surface area contributed by atoms with Crippen LogP contribution in [0.25, 0.3) is 22.2 Å². The van der Waals surface area contributed by atoms with E-state index in [1.54, 1.807) is 4.90 Å². The summed E-state index contributed by atoms with van der Waals surface area (Å²) in [5.41, 5.74) is 6.29. The highest BCUT2D eigenvalue weighted by atomic mass is 16.6. The molecule has 198 valence electrons. The fraction of sp³-hybridized carbons (Fsp3) is 0.355. The van der Waals surface area contributed by atoms with E-state index in [0.29, 0.717) is 17.8 Å². The first-order chi connectivity index (χ1) is 17.9. The van der Waals surface area contributed by atoms with Crippen LogP contribution in [0.1, 0.15) is 60.4 Å². The van der Waals surface area contributed by atoms with Crippen LogP contribution in [-0.4, -0.2) is 44.2 Å². The van der Waals surface area contributed by atoms with Crippen molar-refractivity contribution in [2.45, 2.75) is 66.7 Å². The maximum Gasteiger partial charge on any atom is 0.310 e. The fourth-order valence-corrected chi connectivity index (χ4v) is 4.54. The highest BCUT2D eigenvalue weighted by Crippen LogP contribution is 2.28. The van der Waals surface area contributed by atoms with Crippen molar-refractivity contribution in [1.82, 2.24) is 19.7 Å². The second-order valence-electron chi connectivity index (χ2n) is 10.8. The number of nitrogens with zero attached hydrogens (tertiary/aromatic N) is 4. The summed E-state index contributed by atoms with van der Waals surface area (Å²) < 4.78 is 7.42. The molecule has 38 heavy (non-hydrogen) atoms. The summed E-state index contributed by atoms with van der Waals surface area (Å²) in [6, 6.07) is 15.5. The molecule has 0 fully saturated rings. The van der Waals surface area contributed by atoms with Crippen LogP contribution in [0.15, 0.2) is 54.7 Å². The van der Waals surface area contributed by atoms with Gasteiger partial charge in [0.15, 0.2) is 0 Å². The van der Waals surface area contributed by atoms with Gasteiger partial charge in [0, 0.05) is 42.3 Å². The third-order valence-corrected chi connectivity index (χ3v) is 6.44. The zero-order chi connectivity index (χ0) is 27.6. The number of aryl methyl sites for hydroxylation is 2. The van der Waals surface area contributed by atoms with Gasteiger partial charge in [-0.2, -0.15) is 5.10 Å². The Balaban J connectivity index is 1.70. The third-order valence-electron chi connectivity index (χ3n) is 6.44. The molecule has 0 aliphatic carbocycles. The van der Waals surface area contributed by atoms with Gasteiger partial charge in [-0.05, 0) is 71.4 Å². The second kappa shape index (κ2) is 10.8. The third kappa shape index (κ3) is 6.10. The number of amides is 1. The van der Waals surface area contributed by atoms with E-state index in [-0.39, 0.29) is 18.3 Å². The summed E-state index contributed by atoms with van der Waals surface area (Å²) in [5.74, 6) is -0.367. The van der Waals surface area contributed by atoms with Gasteiger partial charge in [0.1, 0.15) is 5.60 Å². The molecule has 0 radical (unpaired) electrons. The molecule has 2 aromatic carbocycles. The first-order valence-corrected chi connectivity index (χ1v) is 12.9. The van der Waals surface area contributed by atoms with Gasteiger partial charge in [-0.1, -0.05) is 29.8 Å². The van der Waals surface area contributed by atoms with Gasteiger partial charge < -0.3 is 9.64 Å². The maximum atomic E-state index is 13.8. The molecule has 1 amide bonds. The molecule has 0 unspecified atom stereocenters. The Morgan fingerprint density at radius 2 is 1.82 bits per heavy atom. The Morgan fingerprint density at radius 1 is 1.05 bits per heavy atom. The molecule has 0 saturated heterocycles. The smallest absolute Gasteiger partial charge is 0.310 e. The monoisotopic (exact) mass is 512 g/mol. The van der Waals surface area contributed by atoms with Gasteiger partial charge in [0.2, 0.25) is 0 Å². The summed E-state index contributed by atoms with van der Waals surface area (Å²) in [6.07, 6.45) is 2.00. The van der Waals surface area contributed by atoms with Gasteiger partial charge in [-0.25, -0.2) is 4.98 Å². The molecule has 0 N–H and O–H groups in total. The minimum atomic E-state index is -0.540. The SMILES string of the molecule is CCn1ncc(CN(C)C(=O)c2cc(-c3cccc(CC(=O)OC(C)(C)C)c3)nc3ccc(C)cc23)c1C. The van der Waals surface area contributed by atoms with E-state index in [2.05, 4.69) is 5.10 Å². The van der Waals surface area contributed by atoms with Crippen molar-refractivity contribution in [3.63, 3.8) is 0 Å². The van der Waals surface area contributed by atoms with Gasteiger partial charge >= 0.3 is 5.97 Å². The van der Waals surface area contributed by atoms with Crippen LogP contribution in [-0.2, 0) is 29.0 Å². The minimum Gasteiger partial charge on any atom is -0.460 e. The van der Waals surface area contributed by atoms with Crippen LogP contribution >= 0.6 is 0 Å². The number of ether oxygens (including phenoxy) is 1. The van der Waals surface area contributed by atoms with E-state index < -0.39 is 5.60 Å². The number of hydrogen-bond donors (Lipinski definition) is 0. The predicted molar refractivity (Wildman–Crippen MR) is 150 cm³/mol. The zero-order valence-corrected chi connectivity index (χ0v) is 23.3. The van der Waals surface area contributed by atoms with Gasteiger partial charge in [-0.15, -0.1) is 0 Å². The lowest BCUT2D eigenvalue weighted by molar-refractivity contribution is -0.153. The van der Waals surface area contributed by atoms with Crippen LogP contribution in [0.2, 0.25) is 0 Å². The number of pyridine rings is 1. The number of hydrogen-bond acceptors (Lipinski definition) is 5. The molecule has 7 heteroatoms. The topological polar surface area (TPSA) is 77.3 Å². The number of aromatic nitrogens is 3. The number of esters is 1. The van der Waals surface area contributed by atoms with Crippen molar-refractivity contribution in [2.24, 2.45) is 0 Å². The lowest BCUT2D eigenvalue weighted by Crippen LogP contribution is -2.27. The van der Waals surface area contributed by atoms with E-state index in [9.17, 15) is 9.59 Å². The number of carbonyl (C=O) groups is 2. The van der Waals surface area contributed by atoms with Crippen molar-refractivity contribution >= 4 is 22.8 Å². The molecule has 7 nitrogen and oxygen atoms in total. The van der Waals surface area contributed by atoms with Gasteiger partial charge in [-0.3, -0.25) is 14.3 Å². The summed E-state index contributed by atoms with van der Waals surface area (Å²) in [6.45, 7) is 12.9. The highest BCUT2D eigenvalue weighted by molar-refractivity contribution is 6.07. The molecule has 0 atom stereocenters. The fourth-order valence-electron chi connectivity index (χ4n) is 4.54. The largest absolute Gasteiger partial charge is 0.460 e. The summed E-state index contributed by atoms with van der Waals surface area (Å²) in [7, 11) is 1.81. The molecule has 0 spiro atoms. The number of fused-ring (bicyclic) bond motifs is 1. The van der Waals surface area contributed by atoms with Gasteiger partial charge in [0.05, 0.1) is 29.4 Å². The van der Waals surface area contributed by atoms with Crippen molar-refractivity contribution in [2.75, 3.05) is 7.05 Å². The van der Waals surface area contributed by atoms with Crippen molar-refractivity contribution in [3.8, 4) is 11.3 Å². The molecular formula is C31H36N4O3. The first kappa shape index (κ1) is 27.0. The maximum absolute atomic E-state index is 13.8. The Hall–Kier alpha value is -4.00. The van der Waals surface area contributed by atoms with Crippen LogP contribution in [0.3, 0.4) is 0 Å². The van der Waals surface area contributed by atoms with Crippen LogP contribution in [0.4, 0.5) is 0 Å². The second-order valence-corrected chi connectivity index (χ2v) is 10.8. The predicted octanol–water partition coefficient (Wildman–Crippen LogP) is 5.89. The molecule has 0 bridgehead atoms. The molecular weight excluding hydrogens is 476 g/mol. The van der Waals surface area contributed by atoms with Crippen LogP contribution in [0, 0.1) is 13.8 Å². The average molecular weight is 513 g/mol. The van der Waals surface area contributed by atoms with Crippen molar-refractivity contribution < 1.29 is 14.3 Å². The molecule has 0 saturated carbocycles. The van der Waals surface area contributed by atoms with Gasteiger partial charge in [0.25, 0.3) is 5.91 Å². The zero-order valence-electron chi connectivity index (χ0n) is 23.3. The standard InChI is InChI=1S/C31H36N4O3/c1-8-35-21(3)24(18-32-35)19-34(7)30(37)26-17-28(33-27-13-12-20(2)14-25(26)27)23-11-9-10-22(15-23)16-29(36)38-31(4,5)6/h9-15,17-18H,8,16,19H2,1-7H3. The van der Waals surface area contributed by atoms with Crippen LogP contribution < -0.4 is 0 Å². The van der Waals surface area contributed by atoms with E-state index in [0.717, 1.165) is 45.4 Å². The average Bonchev–Trinajstić information content (AvgIpc) is 3.20. The quantitative estimate of drug-likeness (QED) is 0.289. The van der Waals surface area contributed by atoms with E-state index >= 15 is 0 Å². The van der Waals surface area contributed by atoms with E-state index in [1.807, 2.05) is 108 Å². The highest BCUT2D eigenvalue weighted by Gasteiger charge is 2.20. The molecule has 4 aromatic rings. The van der Waals surface area contributed by atoms with E-state index in [4.69, 9.17) is 9.72 Å². The summed E-state index contributed by atoms with van der Waals surface area (Å²) >= 11 is 0. The molecule has 2 aromatic heterocycles. The molecule has 0 aliphatic heterocycles. The first-order valence-electron chi connectivity index (χ1n) is 12.9. The molecule has 0 aliphatic rings. The number of benzene rings is 2. The molecule has 2 heterocycles. The van der Waals surface area contributed by atoms with E-state index in [1.165, 1.54) is 0 Å². The Morgan fingerprint density at radius 3 is 2.50 bits per heavy atom. The summed E-state index contributed by atoms with van der Waals surface area (Å²) in [4.78, 5) is 32.8. The lowest BCUT2D eigenvalue weighted by atomic mass is 10.00. The normalized spacial score (nSPS) is 11.6. The number of rotatable bonds is 7. The van der Waals surface area contributed by atoms with Crippen LogP contribution in [0.5, 0.6) is 0 Å². The van der Waals surface area contributed by atoms with Crippen molar-refractivity contribution in [1.29, 1.82) is 0 Å².